The fourth-order valence-electron chi connectivity index (χ4n) is 3.35. The molecule has 3 rings (SSSR count). The van der Waals surface area contributed by atoms with E-state index < -0.39 is 0 Å². The molecule has 2 aromatic rings. The molecule has 1 N–H and O–H groups in total. The van der Waals surface area contributed by atoms with E-state index in [0.29, 0.717) is 25.2 Å². The molecule has 1 aliphatic heterocycles. The highest BCUT2D eigenvalue weighted by molar-refractivity contribution is 5.95. The fourth-order valence-corrected chi connectivity index (χ4v) is 3.35. The summed E-state index contributed by atoms with van der Waals surface area (Å²) >= 11 is 0. The zero-order valence-electron chi connectivity index (χ0n) is 16.2. The van der Waals surface area contributed by atoms with E-state index >= 15 is 0 Å². The summed E-state index contributed by atoms with van der Waals surface area (Å²) in [5, 5.41) is 7.42. The predicted octanol–water partition coefficient (Wildman–Crippen LogP) is 1.59. The Hall–Kier alpha value is -2.83. The van der Waals surface area contributed by atoms with Crippen LogP contribution in [-0.2, 0) is 11.8 Å². The van der Waals surface area contributed by atoms with Gasteiger partial charge in [0, 0.05) is 51.1 Å². The molecule has 0 radical (unpaired) electrons. The van der Waals surface area contributed by atoms with Gasteiger partial charge in [-0.2, -0.15) is 5.10 Å². The van der Waals surface area contributed by atoms with Gasteiger partial charge in [-0.15, -0.1) is 0 Å². The van der Waals surface area contributed by atoms with Gasteiger partial charge in [0.05, 0.1) is 6.54 Å². The fraction of sp³-hybridized carbons (Fsp3) is 0.450. The second-order valence-electron chi connectivity index (χ2n) is 7.15. The second-order valence-corrected chi connectivity index (χ2v) is 7.15. The van der Waals surface area contributed by atoms with Crippen molar-refractivity contribution in [3.8, 4) is 0 Å². The molecule has 1 aromatic carbocycles. The summed E-state index contributed by atoms with van der Waals surface area (Å²) < 4.78 is 1.72. The number of carbonyl (C=O) groups is 2. The van der Waals surface area contributed by atoms with Crippen LogP contribution in [0.15, 0.2) is 36.5 Å². The standard InChI is InChI=1S/C20H27N5O2/c1-15-6-4-5-7-17(15)20(27)21-16-8-12-25(13-9-16)19(26)14-23(2)18-10-11-24(3)22-18/h4-7,10-11,16H,8-9,12-14H2,1-3H3,(H,21,27). The Morgan fingerprint density at radius 1 is 1.22 bits per heavy atom. The van der Waals surface area contributed by atoms with Crippen LogP contribution in [0.1, 0.15) is 28.8 Å². The van der Waals surface area contributed by atoms with Crippen LogP contribution in [0, 0.1) is 6.92 Å². The third kappa shape index (κ3) is 4.67. The summed E-state index contributed by atoms with van der Waals surface area (Å²) in [6.07, 6.45) is 3.41. The van der Waals surface area contributed by atoms with Crippen molar-refractivity contribution in [1.29, 1.82) is 0 Å². The number of aromatic nitrogens is 2. The number of likely N-dealkylation sites (N-methyl/N-ethyl adjacent to an activating group) is 1. The van der Waals surface area contributed by atoms with Crippen LogP contribution in [0.5, 0.6) is 0 Å². The molecule has 7 nitrogen and oxygen atoms in total. The molecule has 1 aromatic heterocycles. The minimum absolute atomic E-state index is 0.0345. The summed E-state index contributed by atoms with van der Waals surface area (Å²) in [7, 11) is 3.73. The molecule has 0 aliphatic carbocycles. The van der Waals surface area contributed by atoms with Gasteiger partial charge in [0.1, 0.15) is 0 Å². The molecule has 0 saturated carbocycles. The maximum Gasteiger partial charge on any atom is 0.251 e. The Morgan fingerprint density at radius 3 is 2.56 bits per heavy atom. The van der Waals surface area contributed by atoms with Crippen molar-refractivity contribution in [1.82, 2.24) is 20.0 Å². The van der Waals surface area contributed by atoms with E-state index in [4.69, 9.17) is 0 Å². The van der Waals surface area contributed by atoms with Gasteiger partial charge < -0.3 is 15.1 Å². The number of piperidine rings is 1. The predicted molar refractivity (Wildman–Crippen MR) is 105 cm³/mol. The lowest BCUT2D eigenvalue weighted by molar-refractivity contribution is -0.130. The molecule has 2 amide bonds. The summed E-state index contributed by atoms with van der Waals surface area (Å²) in [5.74, 6) is 0.839. The second kappa shape index (κ2) is 8.24. The number of anilines is 1. The molecular formula is C20H27N5O2. The maximum atomic E-state index is 12.5. The number of carbonyl (C=O) groups excluding carboxylic acids is 2. The Labute approximate surface area is 159 Å². The Morgan fingerprint density at radius 2 is 1.93 bits per heavy atom. The number of aryl methyl sites for hydroxylation is 2. The van der Waals surface area contributed by atoms with Crippen molar-refractivity contribution in [2.45, 2.75) is 25.8 Å². The lowest BCUT2D eigenvalue weighted by Gasteiger charge is -2.33. The van der Waals surface area contributed by atoms with Crippen LogP contribution in [-0.4, -0.2) is 59.2 Å². The molecule has 144 valence electrons. The largest absolute Gasteiger partial charge is 0.349 e. The van der Waals surface area contributed by atoms with Crippen LogP contribution < -0.4 is 10.2 Å². The van der Waals surface area contributed by atoms with E-state index in [-0.39, 0.29) is 17.9 Å². The van der Waals surface area contributed by atoms with E-state index in [1.165, 1.54) is 0 Å². The Bertz CT molecular complexity index is 808. The van der Waals surface area contributed by atoms with Gasteiger partial charge in [-0.25, -0.2) is 0 Å². The van der Waals surface area contributed by atoms with Crippen LogP contribution >= 0.6 is 0 Å². The van der Waals surface area contributed by atoms with Crippen LogP contribution in [0.4, 0.5) is 5.82 Å². The van der Waals surface area contributed by atoms with Gasteiger partial charge in [-0.05, 0) is 31.4 Å². The highest BCUT2D eigenvalue weighted by atomic mass is 16.2. The Balaban J connectivity index is 1.47. The first-order valence-corrected chi connectivity index (χ1v) is 9.29. The zero-order valence-corrected chi connectivity index (χ0v) is 16.2. The molecule has 1 fully saturated rings. The number of nitrogens with zero attached hydrogens (tertiary/aromatic N) is 4. The van der Waals surface area contributed by atoms with Gasteiger partial charge in [0.15, 0.2) is 5.82 Å². The molecule has 0 bridgehead atoms. The van der Waals surface area contributed by atoms with Gasteiger partial charge in [-0.3, -0.25) is 14.3 Å². The van der Waals surface area contributed by atoms with E-state index in [2.05, 4.69) is 10.4 Å². The number of hydrogen-bond donors (Lipinski definition) is 1. The van der Waals surface area contributed by atoms with Gasteiger partial charge in [0.2, 0.25) is 5.91 Å². The minimum Gasteiger partial charge on any atom is -0.349 e. The number of hydrogen-bond acceptors (Lipinski definition) is 4. The van der Waals surface area contributed by atoms with E-state index in [1.807, 2.05) is 67.3 Å². The first-order chi connectivity index (χ1) is 12.9. The number of likely N-dealkylation sites (tertiary alicyclic amines) is 1. The van der Waals surface area contributed by atoms with Crippen molar-refractivity contribution in [3.63, 3.8) is 0 Å². The number of benzene rings is 1. The third-order valence-corrected chi connectivity index (χ3v) is 5.04. The number of rotatable bonds is 5. The minimum atomic E-state index is -0.0345. The van der Waals surface area contributed by atoms with Gasteiger partial charge in [0.25, 0.3) is 5.91 Å². The van der Waals surface area contributed by atoms with Crippen LogP contribution in [0.3, 0.4) is 0 Å². The van der Waals surface area contributed by atoms with Crippen LogP contribution in [0.2, 0.25) is 0 Å². The molecular weight excluding hydrogens is 342 g/mol. The average molecular weight is 369 g/mol. The average Bonchev–Trinajstić information content (AvgIpc) is 3.09. The van der Waals surface area contributed by atoms with Gasteiger partial charge >= 0.3 is 0 Å². The molecule has 1 saturated heterocycles. The van der Waals surface area contributed by atoms with Crippen molar-refractivity contribution in [2.24, 2.45) is 7.05 Å². The summed E-state index contributed by atoms with van der Waals surface area (Å²) in [6, 6.07) is 9.58. The van der Waals surface area contributed by atoms with Gasteiger partial charge in [-0.1, -0.05) is 18.2 Å². The smallest absolute Gasteiger partial charge is 0.251 e. The summed E-state index contributed by atoms with van der Waals surface area (Å²) in [5.41, 5.74) is 1.69. The molecule has 27 heavy (non-hydrogen) atoms. The number of nitrogens with one attached hydrogen (secondary N) is 1. The SMILES string of the molecule is Cc1ccccc1C(=O)NC1CCN(C(=O)CN(C)c2ccn(C)n2)CC1. The first-order valence-electron chi connectivity index (χ1n) is 9.29. The van der Waals surface area contributed by atoms with Crippen molar-refractivity contribution >= 4 is 17.6 Å². The highest BCUT2D eigenvalue weighted by Crippen LogP contribution is 2.14. The quantitative estimate of drug-likeness (QED) is 0.869. The molecule has 1 aliphatic rings. The summed E-state index contributed by atoms with van der Waals surface area (Å²) in [6.45, 7) is 3.56. The van der Waals surface area contributed by atoms with Crippen molar-refractivity contribution in [3.05, 3.63) is 47.7 Å². The monoisotopic (exact) mass is 369 g/mol. The number of amides is 2. The highest BCUT2D eigenvalue weighted by Gasteiger charge is 2.25. The molecule has 2 heterocycles. The third-order valence-electron chi connectivity index (χ3n) is 5.04. The van der Waals surface area contributed by atoms with E-state index in [0.717, 1.165) is 24.2 Å². The lowest BCUT2D eigenvalue weighted by Crippen LogP contribution is -2.48. The molecule has 0 unspecified atom stereocenters. The topological polar surface area (TPSA) is 70.5 Å². The Kier molecular flexibility index (Phi) is 5.78. The first kappa shape index (κ1) is 18.9. The van der Waals surface area contributed by atoms with Crippen LogP contribution in [0.25, 0.3) is 0 Å². The van der Waals surface area contributed by atoms with E-state index in [1.54, 1.807) is 4.68 Å². The van der Waals surface area contributed by atoms with Crippen molar-refractivity contribution < 1.29 is 9.59 Å². The molecule has 7 heteroatoms. The van der Waals surface area contributed by atoms with Crippen molar-refractivity contribution in [2.75, 3.05) is 31.6 Å². The zero-order chi connectivity index (χ0) is 19.4. The maximum absolute atomic E-state index is 12.5. The normalized spacial score (nSPS) is 14.9. The molecule has 0 spiro atoms. The lowest BCUT2D eigenvalue weighted by atomic mass is 10.0. The van der Waals surface area contributed by atoms with E-state index in [9.17, 15) is 9.59 Å². The summed E-state index contributed by atoms with van der Waals surface area (Å²) in [4.78, 5) is 28.7. The molecule has 0 atom stereocenters.